The molecule has 0 aromatic carbocycles. The van der Waals surface area contributed by atoms with Crippen LogP contribution in [0.2, 0.25) is 0 Å². The minimum atomic E-state index is -0.832. The molecule has 21 heavy (non-hydrogen) atoms. The van der Waals surface area contributed by atoms with Crippen LogP contribution in [0.25, 0.3) is 0 Å². The highest BCUT2D eigenvalue weighted by molar-refractivity contribution is 5.79. The topological polar surface area (TPSA) is 98.7 Å². The van der Waals surface area contributed by atoms with Crippen molar-refractivity contribution in [1.82, 2.24) is 15.5 Å². The zero-order valence-corrected chi connectivity index (χ0v) is 12.9. The van der Waals surface area contributed by atoms with Gasteiger partial charge in [-0.25, -0.2) is 4.79 Å². The molecule has 0 saturated carbocycles. The Kier molecular flexibility index (Phi) is 6.45. The van der Waals surface area contributed by atoms with Gasteiger partial charge in [0.2, 0.25) is 5.91 Å². The maximum absolute atomic E-state index is 11.7. The molecule has 1 fully saturated rings. The van der Waals surface area contributed by atoms with Crippen molar-refractivity contribution in [2.45, 2.75) is 27.2 Å². The van der Waals surface area contributed by atoms with E-state index in [1.54, 1.807) is 11.8 Å². The Hall–Kier alpha value is -1.79. The van der Waals surface area contributed by atoms with E-state index in [1.165, 1.54) is 0 Å². The van der Waals surface area contributed by atoms with Gasteiger partial charge in [-0.2, -0.15) is 0 Å². The van der Waals surface area contributed by atoms with E-state index >= 15 is 0 Å². The third-order valence-electron chi connectivity index (χ3n) is 3.63. The summed E-state index contributed by atoms with van der Waals surface area (Å²) in [5, 5.41) is 14.3. The molecule has 7 heteroatoms. The molecule has 0 aromatic rings. The summed E-state index contributed by atoms with van der Waals surface area (Å²) in [6.45, 7) is 7.52. The number of nitrogens with zero attached hydrogens (tertiary/aromatic N) is 1. The summed E-state index contributed by atoms with van der Waals surface area (Å²) >= 11 is 0. The van der Waals surface area contributed by atoms with Crippen LogP contribution >= 0.6 is 0 Å². The molecule has 1 atom stereocenters. The number of hydrogen-bond donors (Lipinski definition) is 3. The van der Waals surface area contributed by atoms with Crippen LogP contribution in [0.5, 0.6) is 0 Å². The molecule has 7 nitrogen and oxygen atoms in total. The smallest absolute Gasteiger partial charge is 0.317 e. The first-order valence-electron chi connectivity index (χ1n) is 7.33. The van der Waals surface area contributed by atoms with Gasteiger partial charge in [0.1, 0.15) is 0 Å². The number of rotatable bonds is 7. The molecule has 1 heterocycles. The quantitative estimate of drug-likeness (QED) is 0.638. The van der Waals surface area contributed by atoms with Crippen LogP contribution in [0.1, 0.15) is 27.2 Å². The van der Waals surface area contributed by atoms with Crippen molar-refractivity contribution < 1.29 is 19.5 Å². The molecule has 0 bridgehead atoms. The number of urea groups is 1. The van der Waals surface area contributed by atoms with Gasteiger partial charge in [0.25, 0.3) is 0 Å². The van der Waals surface area contributed by atoms with E-state index in [2.05, 4.69) is 10.6 Å². The minimum Gasteiger partial charge on any atom is -0.481 e. The van der Waals surface area contributed by atoms with Gasteiger partial charge in [-0.1, -0.05) is 20.8 Å². The van der Waals surface area contributed by atoms with E-state index in [-0.39, 0.29) is 24.3 Å². The van der Waals surface area contributed by atoms with Crippen molar-refractivity contribution in [2.75, 3.05) is 26.2 Å². The summed E-state index contributed by atoms with van der Waals surface area (Å²) in [6.07, 6.45) is 0.251. The third-order valence-corrected chi connectivity index (χ3v) is 3.63. The lowest BCUT2D eigenvalue weighted by Crippen LogP contribution is -2.56. The largest absolute Gasteiger partial charge is 0.481 e. The van der Waals surface area contributed by atoms with Gasteiger partial charge in [-0.05, 0) is 5.92 Å². The molecule has 3 N–H and O–H groups in total. The van der Waals surface area contributed by atoms with Crippen molar-refractivity contribution in [3.05, 3.63) is 0 Å². The van der Waals surface area contributed by atoms with Gasteiger partial charge in [0.05, 0.1) is 5.92 Å². The highest BCUT2D eigenvalue weighted by Gasteiger charge is 2.36. The van der Waals surface area contributed by atoms with E-state index in [4.69, 9.17) is 5.11 Å². The van der Waals surface area contributed by atoms with Crippen LogP contribution in [0, 0.1) is 17.8 Å². The summed E-state index contributed by atoms with van der Waals surface area (Å²) in [5.41, 5.74) is 0. The first-order valence-corrected chi connectivity index (χ1v) is 7.33. The normalized spacial score (nSPS) is 16.3. The van der Waals surface area contributed by atoms with Crippen molar-refractivity contribution >= 4 is 17.9 Å². The first kappa shape index (κ1) is 17.3. The Balaban J connectivity index is 2.13. The molecule has 120 valence electrons. The zero-order chi connectivity index (χ0) is 16.0. The molecule has 0 aromatic heterocycles. The van der Waals surface area contributed by atoms with Crippen molar-refractivity contribution in [2.24, 2.45) is 17.8 Å². The average molecular weight is 299 g/mol. The summed E-state index contributed by atoms with van der Waals surface area (Å²) < 4.78 is 0. The van der Waals surface area contributed by atoms with Crippen LogP contribution in [0.4, 0.5) is 4.79 Å². The van der Waals surface area contributed by atoms with Gasteiger partial charge in [0.15, 0.2) is 0 Å². The van der Waals surface area contributed by atoms with Gasteiger partial charge in [-0.3, -0.25) is 9.59 Å². The molecular formula is C14H25N3O4. The molecule has 1 unspecified atom stereocenters. The fourth-order valence-corrected chi connectivity index (χ4v) is 2.00. The van der Waals surface area contributed by atoms with Crippen molar-refractivity contribution in [1.29, 1.82) is 0 Å². The van der Waals surface area contributed by atoms with Crippen LogP contribution in [0.3, 0.4) is 0 Å². The molecule has 3 amide bonds. The Labute approximate surface area is 125 Å². The Morgan fingerprint density at radius 2 is 1.81 bits per heavy atom. The molecule has 1 aliphatic heterocycles. The Morgan fingerprint density at radius 1 is 1.19 bits per heavy atom. The molecular weight excluding hydrogens is 274 g/mol. The highest BCUT2D eigenvalue weighted by atomic mass is 16.4. The number of nitrogens with one attached hydrogen (secondary N) is 2. The predicted molar refractivity (Wildman–Crippen MR) is 77.7 cm³/mol. The number of hydrogen-bond acceptors (Lipinski definition) is 3. The number of likely N-dealkylation sites (tertiary alicyclic amines) is 1. The van der Waals surface area contributed by atoms with E-state index in [0.29, 0.717) is 32.1 Å². The second kappa shape index (κ2) is 7.85. The number of carbonyl (C=O) groups excluding carboxylic acids is 2. The third kappa shape index (κ3) is 5.61. The van der Waals surface area contributed by atoms with E-state index < -0.39 is 11.9 Å². The van der Waals surface area contributed by atoms with Gasteiger partial charge >= 0.3 is 12.0 Å². The standard InChI is InChI=1S/C14H25N3O4/c1-9(2)6-16-12(18)4-5-15-14(21)17-7-11(8-17)10(3)13(19)20/h9-11H,4-8H2,1-3H3,(H,15,21)(H,16,18)(H,19,20). The lowest BCUT2D eigenvalue weighted by molar-refractivity contribution is -0.144. The zero-order valence-electron chi connectivity index (χ0n) is 12.9. The number of carbonyl (C=O) groups is 3. The fourth-order valence-electron chi connectivity index (χ4n) is 2.00. The molecule has 1 saturated heterocycles. The Morgan fingerprint density at radius 3 is 2.33 bits per heavy atom. The predicted octanol–water partition coefficient (Wildman–Crippen LogP) is 0.511. The number of carboxylic acids is 1. The second-order valence-electron chi connectivity index (χ2n) is 5.97. The van der Waals surface area contributed by atoms with Crippen LogP contribution in [0.15, 0.2) is 0 Å². The molecule has 0 aliphatic carbocycles. The monoisotopic (exact) mass is 299 g/mol. The van der Waals surface area contributed by atoms with Crippen LogP contribution in [-0.4, -0.2) is 54.1 Å². The lowest BCUT2D eigenvalue weighted by atomic mass is 9.87. The number of amides is 3. The second-order valence-corrected chi connectivity index (χ2v) is 5.97. The number of carboxylic acid groups (broad SMARTS) is 1. The molecule has 1 aliphatic rings. The molecule has 1 rings (SSSR count). The number of aliphatic carboxylic acids is 1. The van der Waals surface area contributed by atoms with Crippen LogP contribution < -0.4 is 10.6 Å². The van der Waals surface area contributed by atoms with E-state index in [9.17, 15) is 14.4 Å². The van der Waals surface area contributed by atoms with Gasteiger partial charge < -0.3 is 20.6 Å². The average Bonchev–Trinajstić information content (AvgIpc) is 2.34. The summed E-state index contributed by atoms with van der Waals surface area (Å²) in [7, 11) is 0. The van der Waals surface area contributed by atoms with E-state index in [1.807, 2.05) is 13.8 Å². The lowest BCUT2D eigenvalue weighted by Gasteiger charge is -2.41. The SMILES string of the molecule is CC(C)CNC(=O)CCNC(=O)N1CC(C(C)C(=O)O)C1. The summed E-state index contributed by atoms with van der Waals surface area (Å²) in [4.78, 5) is 35.6. The summed E-state index contributed by atoms with van der Waals surface area (Å²) in [5.74, 6) is -0.928. The highest BCUT2D eigenvalue weighted by Crippen LogP contribution is 2.23. The van der Waals surface area contributed by atoms with Crippen LogP contribution in [-0.2, 0) is 9.59 Å². The van der Waals surface area contributed by atoms with Gasteiger partial charge in [-0.15, -0.1) is 0 Å². The van der Waals surface area contributed by atoms with Crippen molar-refractivity contribution in [3.8, 4) is 0 Å². The Bertz CT molecular complexity index is 392. The first-order chi connectivity index (χ1) is 9.81. The van der Waals surface area contributed by atoms with Gasteiger partial charge in [0, 0.05) is 38.5 Å². The molecule has 0 radical (unpaired) electrons. The maximum Gasteiger partial charge on any atom is 0.317 e. The minimum absolute atomic E-state index is 0.0163. The molecule has 0 spiro atoms. The fraction of sp³-hybridized carbons (Fsp3) is 0.786. The van der Waals surface area contributed by atoms with E-state index in [0.717, 1.165) is 0 Å². The van der Waals surface area contributed by atoms with Crippen molar-refractivity contribution in [3.63, 3.8) is 0 Å². The maximum atomic E-state index is 11.7. The summed E-state index contributed by atoms with van der Waals surface area (Å²) in [6, 6.07) is -0.236.